The van der Waals surface area contributed by atoms with Crippen molar-refractivity contribution in [3.63, 3.8) is 0 Å². The number of pyridine rings is 1. The van der Waals surface area contributed by atoms with Crippen LogP contribution in [0, 0.1) is 13.8 Å². The zero-order valence-corrected chi connectivity index (χ0v) is 12.2. The van der Waals surface area contributed by atoms with Gasteiger partial charge in [0.1, 0.15) is 0 Å². The maximum atomic E-state index is 12.2. The Morgan fingerprint density at radius 3 is 3.00 bits per heavy atom. The number of carbonyl (C=O) groups excluding carboxylic acids is 1. The Hall–Kier alpha value is -2.37. The fourth-order valence-electron chi connectivity index (χ4n) is 2.75. The van der Waals surface area contributed by atoms with E-state index in [0.29, 0.717) is 23.4 Å². The van der Waals surface area contributed by atoms with Gasteiger partial charge in [0.15, 0.2) is 11.1 Å². The summed E-state index contributed by atoms with van der Waals surface area (Å²) in [6, 6.07) is 0. The lowest BCUT2D eigenvalue weighted by atomic mass is 10.1. The highest BCUT2D eigenvalue weighted by atomic mass is 16.2. The van der Waals surface area contributed by atoms with Gasteiger partial charge < -0.3 is 10.3 Å². The van der Waals surface area contributed by atoms with Crippen LogP contribution in [0.3, 0.4) is 0 Å². The molecule has 21 heavy (non-hydrogen) atoms. The van der Waals surface area contributed by atoms with E-state index in [2.05, 4.69) is 20.5 Å². The molecule has 2 aromatic rings. The molecule has 0 spiro atoms. The van der Waals surface area contributed by atoms with Crippen LogP contribution in [0.15, 0.2) is 11.0 Å². The van der Waals surface area contributed by atoms with Gasteiger partial charge in [0.05, 0.1) is 6.54 Å². The Morgan fingerprint density at radius 1 is 1.38 bits per heavy atom. The van der Waals surface area contributed by atoms with Gasteiger partial charge in [-0.15, -0.1) is 0 Å². The summed E-state index contributed by atoms with van der Waals surface area (Å²) in [6.07, 6.45) is 4.59. The van der Waals surface area contributed by atoms with Gasteiger partial charge in [-0.25, -0.2) is 0 Å². The molecule has 0 bridgehead atoms. The van der Waals surface area contributed by atoms with Gasteiger partial charge in [-0.3, -0.25) is 14.7 Å². The molecule has 0 aromatic carbocycles. The van der Waals surface area contributed by atoms with E-state index >= 15 is 0 Å². The first kappa shape index (κ1) is 13.6. The van der Waals surface area contributed by atoms with E-state index in [0.717, 1.165) is 36.2 Å². The molecule has 3 N–H and O–H groups in total. The average molecular weight is 286 g/mol. The first-order valence-electron chi connectivity index (χ1n) is 7.10. The minimum Gasteiger partial charge on any atom is -0.363 e. The van der Waals surface area contributed by atoms with Crippen molar-refractivity contribution in [2.24, 2.45) is 0 Å². The highest BCUT2D eigenvalue weighted by Crippen LogP contribution is 2.22. The summed E-state index contributed by atoms with van der Waals surface area (Å²) < 4.78 is 0. The van der Waals surface area contributed by atoms with Crippen molar-refractivity contribution in [3.05, 3.63) is 50.2 Å². The van der Waals surface area contributed by atoms with Crippen LogP contribution >= 0.6 is 0 Å². The largest absolute Gasteiger partial charge is 0.363 e. The predicted molar refractivity (Wildman–Crippen MR) is 78.3 cm³/mol. The van der Waals surface area contributed by atoms with Crippen LogP contribution in [0.2, 0.25) is 0 Å². The highest BCUT2D eigenvalue weighted by molar-refractivity contribution is 5.94. The third kappa shape index (κ3) is 2.37. The number of amides is 1. The fraction of sp³-hybridized carbons (Fsp3) is 0.400. The number of nitrogens with one attached hydrogen (secondary N) is 3. The van der Waals surface area contributed by atoms with Crippen LogP contribution in [0.4, 0.5) is 0 Å². The van der Waals surface area contributed by atoms with Crippen LogP contribution in [0.25, 0.3) is 0 Å². The lowest BCUT2D eigenvalue weighted by Crippen LogP contribution is -2.26. The molecule has 0 radical (unpaired) electrons. The van der Waals surface area contributed by atoms with Crippen LogP contribution in [0.5, 0.6) is 0 Å². The maximum Gasteiger partial charge on any atom is 0.272 e. The molecule has 0 aliphatic heterocycles. The normalized spacial score (nSPS) is 13.2. The molecule has 1 amide bonds. The quantitative estimate of drug-likeness (QED) is 0.790. The molecule has 1 aliphatic carbocycles. The molecule has 3 rings (SSSR count). The lowest BCUT2D eigenvalue weighted by molar-refractivity contribution is 0.0944. The van der Waals surface area contributed by atoms with E-state index in [4.69, 9.17) is 0 Å². The number of hydrogen-bond acceptors (Lipinski definition) is 3. The molecule has 1 aliphatic rings. The van der Waals surface area contributed by atoms with Crippen molar-refractivity contribution in [1.29, 1.82) is 0 Å². The number of aromatic amines is 2. The third-order valence-corrected chi connectivity index (χ3v) is 4.06. The van der Waals surface area contributed by atoms with E-state index in [9.17, 15) is 9.59 Å². The highest BCUT2D eigenvalue weighted by Gasteiger charge is 2.22. The van der Waals surface area contributed by atoms with E-state index in [-0.39, 0.29) is 11.3 Å². The summed E-state index contributed by atoms with van der Waals surface area (Å²) in [7, 11) is 0. The second-order valence-corrected chi connectivity index (χ2v) is 5.47. The summed E-state index contributed by atoms with van der Waals surface area (Å²) in [6.45, 7) is 3.82. The number of fused-ring (bicyclic) bond motifs is 1. The smallest absolute Gasteiger partial charge is 0.272 e. The van der Waals surface area contributed by atoms with E-state index < -0.39 is 0 Å². The van der Waals surface area contributed by atoms with Crippen LogP contribution < -0.4 is 10.7 Å². The third-order valence-electron chi connectivity index (χ3n) is 4.06. The van der Waals surface area contributed by atoms with Gasteiger partial charge in [0, 0.05) is 34.3 Å². The second kappa shape index (κ2) is 5.20. The molecule has 6 nitrogen and oxygen atoms in total. The fourth-order valence-corrected chi connectivity index (χ4v) is 2.75. The van der Waals surface area contributed by atoms with Crippen molar-refractivity contribution in [1.82, 2.24) is 20.5 Å². The summed E-state index contributed by atoms with van der Waals surface area (Å²) in [5.41, 5.74) is 4.64. The summed E-state index contributed by atoms with van der Waals surface area (Å²) in [4.78, 5) is 27.1. The summed E-state index contributed by atoms with van der Waals surface area (Å²) in [5, 5.41) is 9.85. The predicted octanol–water partition coefficient (Wildman–Crippen LogP) is 1.13. The van der Waals surface area contributed by atoms with Crippen molar-refractivity contribution >= 4 is 5.91 Å². The first-order chi connectivity index (χ1) is 10.1. The number of carbonyl (C=O) groups is 1. The molecule has 2 aromatic heterocycles. The van der Waals surface area contributed by atoms with E-state index in [1.807, 2.05) is 0 Å². The minimum atomic E-state index is -0.199. The Balaban J connectivity index is 1.75. The minimum absolute atomic E-state index is 0.0126. The number of aryl methyl sites for hydroxylation is 2. The van der Waals surface area contributed by atoms with E-state index in [1.165, 1.54) is 0 Å². The molecule has 0 saturated heterocycles. The number of rotatable bonds is 3. The molecule has 0 unspecified atom stereocenters. The zero-order valence-electron chi connectivity index (χ0n) is 12.2. The number of nitrogens with zero attached hydrogens (tertiary/aromatic N) is 1. The van der Waals surface area contributed by atoms with Gasteiger partial charge in [0.25, 0.3) is 5.91 Å². The molecule has 0 fully saturated rings. The second-order valence-electron chi connectivity index (χ2n) is 5.47. The van der Waals surface area contributed by atoms with Gasteiger partial charge in [-0.2, -0.15) is 5.10 Å². The topological polar surface area (TPSA) is 90.6 Å². The van der Waals surface area contributed by atoms with Crippen LogP contribution in [-0.2, 0) is 19.4 Å². The molecule has 110 valence electrons. The zero-order chi connectivity index (χ0) is 15.0. The summed E-state index contributed by atoms with van der Waals surface area (Å²) >= 11 is 0. The van der Waals surface area contributed by atoms with Crippen LogP contribution in [0.1, 0.15) is 45.0 Å². The molecular formula is C15H18N4O2. The molecule has 6 heteroatoms. The monoisotopic (exact) mass is 286 g/mol. The number of hydrogen-bond donors (Lipinski definition) is 3. The average Bonchev–Trinajstić information content (AvgIpc) is 3.06. The van der Waals surface area contributed by atoms with E-state index in [1.54, 1.807) is 20.0 Å². The van der Waals surface area contributed by atoms with Crippen LogP contribution in [-0.4, -0.2) is 21.1 Å². The standard InChI is InChI=1S/C15H18N4O2/c1-8-6-16-12(9(2)14(8)20)7-17-15(21)13-10-4-3-5-11(10)18-19-13/h6H,3-5,7H2,1-2H3,(H,16,20)(H,17,21)(H,18,19). The molecular weight excluding hydrogens is 268 g/mol. The van der Waals surface area contributed by atoms with Crippen molar-refractivity contribution < 1.29 is 4.79 Å². The van der Waals surface area contributed by atoms with Gasteiger partial charge in [-0.05, 0) is 33.1 Å². The molecule has 0 atom stereocenters. The lowest BCUT2D eigenvalue weighted by Gasteiger charge is -2.08. The Labute approximate surface area is 122 Å². The van der Waals surface area contributed by atoms with Gasteiger partial charge >= 0.3 is 0 Å². The Bertz CT molecular complexity index is 758. The van der Waals surface area contributed by atoms with Gasteiger partial charge in [-0.1, -0.05) is 0 Å². The number of H-pyrrole nitrogens is 2. The number of aromatic nitrogens is 3. The maximum absolute atomic E-state index is 12.2. The SMILES string of the molecule is Cc1c[nH]c(CNC(=O)c2n[nH]c3c2CCC3)c(C)c1=O. The van der Waals surface area contributed by atoms with Crippen molar-refractivity contribution in [2.75, 3.05) is 0 Å². The molecule has 0 saturated carbocycles. The van der Waals surface area contributed by atoms with Crippen molar-refractivity contribution in [2.45, 2.75) is 39.7 Å². The summed E-state index contributed by atoms with van der Waals surface area (Å²) in [5.74, 6) is -0.199. The Morgan fingerprint density at radius 2 is 2.19 bits per heavy atom. The van der Waals surface area contributed by atoms with Crippen molar-refractivity contribution in [3.8, 4) is 0 Å². The Kier molecular flexibility index (Phi) is 3.37. The first-order valence-corrected chi connectivity index (χ1v) is 7.10. The molecule has 2 heterocycles. The van der Waals surface area contributed by atoms with Gasteiger partial charge in [0.2, 0.25) is 0 Å².